The van der Waals surface area contributed by atoms with E-state index >= 15 is 0 Å². The van der Waals surface area contributed by atoms with E-state index in [1.807, 2.05) is 4.57 Å². The maximum atomic E-state index is 14.2. The molecule has 2 aromatic carbocycles. The molecule has 0 bridgehead atoms. The smallest absolute Gasteiger partial charge is 0.256 e. The van der Waals surface area contributed by atoms with E-state index in [0.717, 1.165) is 51.0 Å². The van der Waals surface area contributed by atoms with Gasteiger partial charge in [-0.1, -0.05) is 17.7 Å². The highest BCUT2D eigenvalue weighted by Crippen LogP contribution is 2.38. The van der Waals surface area contributed by atoms with E-state index in [1.165, 1.54) is 12.1 Å². The molecule has 2 fully saturated rings. The summed E-state index contributed by atoms with van der Waals surface area (Å²) in [7, 11) is 0. The third-order valence-corrected chi connectivity index (χ3v) is 8.22. The minimum absolute atomic E-state index is 0.0230. The molecule has 5 rings (SSSR count). The fourth-order valence-corrected chi connectivity index (χ4v) is 5.54. The molecular weight excluding hydrogens is 526 g/mol. The van der Waals surface area contributed by atoms with Crippen LogP contribution in [0.2, 0.25) is 5.02 Å². The predicted molar refractivity (Wildman–Crippen MR) is 147 cm³/mol. The number of nitrogens with one attached hydrogen (secondary N) is 1. The number of carbonyl (C=O) groups is 1. The molecule has 1 amide bonds. The van der Waals surface area contributed by atoms with Crippen molar-refractivity contribution in [3.05, 3.63) is 74.5 Å². The Kier molecular flexibility index (Phi) is 8.24. The average Bonchev–Trinajstić information content (AvgIpc) is 3.76. The lowest BCUT2D eigenvalue weighted by molar-refractivity contribution is 0.0875. The van der Waals surface area contributed by atoms with E-state index in [1.54, 1.807) is 25.3 Å². The SMILES string of the molecule is Cc1ccc(OC[C@@H](O)CCC2CCC(NC(=O)c3cn(C4CC4)c4cc(Cl)c(F)cc4c3=O)CC2)cc1F. The first-order valence-corrected chi connectivity index (χ1v) is 14.0. The van der Waals surface area contributed by atoms with Crippen molar-refractivity contribution in [3.63, 3.8) is 0 Å². The number of aromatic nitrogens is 1. The standard InChI is InChI=1S/C30H33ClF2N2O4/c1-17-2-11-22(12-26(17)32)39-16-21(36)10-5-18-3-6-19(7-4-18)34-30(38)24-15-35(20-8-9-20)28-14-25(31)27(33)13-23(28)29(24)37/h2,11-15,18-21,36H,3-10,16H2,1H3,(H,34,38)/t18?,19?,21-/m0/s1. The number of aliphatic hydroxyl groups excluding tert-OH is 1. The van der Waals surface area contributed by atoms with E-state index in [4.69, 9.17) is 16.3 Å². The van der Waals surface area contributed by atoms with Gasteiger partial charge in [-0.15, -0.1) is 0 Å². The number of halogens is 3. The van der Waals surface area contributed by atoms with Crippen LogP contribution in [0.25, 0.3) is 10.9 Å². The molecule has 2 N–H and O–H groups in total. The molecule has 9 heteroatoms. The van der Waals surface area contributed by atoms with Crippen LogP contribution in [0.15, 0.2) is 41.3 Å². The Labute approximate surface area is 230 Å². The van der Waals surface area contributed by atoms with Crippen LogP contribution in [-0.2, 0) is 0 Å². The summed E-state index contributed by atoms with van der Waals surface area (Å²) in [6.45, 7) is 1.79. The molecule has 0 spiro atoms. The van der Waals surface area contributed by atoms with Crippen molar-refractivity contribution >= 4 is 28.4 Å². The molecule has 0 saturated heterocycles. The van der Waals surface area contributed by atoms with E-state index in [0.29, 0.717) is 29.2 Å². The van der Waals surface area contributed by atoms with Gasteiger partial charge in [0.2, 0.25) is 5.43 Å². The van der Waals surface area contributed by atoms with E-state index < -0.39 is 23.3 Å². The predicted octanol–water partition coefficient (Wildman–Crippen LogP) is 6.09. The number of ether oxygens (including phenoxy) is 1. The Hall–Kier alpha value is -2.97. The molecule has 6 nitrogen and oxygen atoms in total. The fourth-order valence-electron chi connectivity index (χ4n) is 5.39. The summed E-state index contributed by atoms with van der Waals surface area (Å²) in [6, 6.07) is 7.37. The quantitative estimate of drug-likeness (QED) is 0.333. The van der Waals surface area contributed by atoms with Crippen molar-refractivity contribution < 1.29 is 23.4 Å². The summed E-state index contributed by atoms with van der Waals surface area (Å²) in [5, 5.41) is 13.4. The minimum atomic E-state index is -0.680. The van der Waals surface area contributed by atoms with Crippen LogP contribution in [0.1, 0.15) is 73.3 Å². The lowest BCUT2D eigenvalue weighted by Gasteiger charge is -2.29. The topological polar surface area (TPSA) is 80.6 Å². The molecule has 2 aliphatic rings. The lowest BCUT2D eigenvalue weighted by Crippen LogP contribution is -2.40. The number of aryl methyl sites for hydroxylation is 1. The van der Waals surface area contributed by atoms with Gasteiger partial charge in [0, 0.05) is 29.7 Å². The Morgan fingerprint density at radius 3 is 2.56 bits per heavy atom. The Morgan fingerprint density at radius 1 is 1.13 bits per heavy atom. The number of hydrogen-bond acceptors (Lipinski definition) is 4. The Bertz CT molecular complexity index is 1430. The first-order valence-electron chi connectivity index (χ1n) is 13.6. The Morgan fingerprint density at radius 2 is 1.87 bits per heavy atom. The number of fused-ring (bicyclic) bond motifs is 1. The summed E-state index contributed by atoms with van der Waals surface area (Å²) < 4.78 is 35.2. The largest absolute Gasteiger partial charge is 0.491 e. The fraction of sp³-hybridized carbons (Fsp3) is 0.467. The highest BCUT2D eigenvalue weighted by atomic mass is 35.5. The van der Waals surface area contributed by atoms with Crippen molar-refractivity contribution in [2.75, 3.05) is 6.61 Å². The van der Waals surface area contributed by atoms with Crippen molar-refractivity contribution in [1.29, 1.82) is 0 Å². The van der Waals surface area contributed by atoms with Crippen molar-refractivity contribution in [3.8, 4) is 5.75 Å². The molecular formula is C30H33ClF2N2O4. The van der Waals surface area contributed by atoms with Crippen LogP contribution in [-0.4, -0.2) is 34.3 Å². The number of pyridine rings is 1. The maximum Gasteiger partial charge on any atom is 0.256 e. The van der Waals surface area contributed by atoms with Gasteiger partial charge in [0.25, 0.3) is 5.91 Å². The van der Waals surface area contributed by atoms with Crippen LogP contribution in [0.4, 0.5) is 8.78 Å². The molecule has 2 aliphatic carbocycles. The van der Waals surface area contributed by atoms with Gasteiger partial charge < -0.3 is 19.7 Å². The monoisotopic (exact) mass is 558 g/mol. The van der Waals surface area contributed by atoms with Crippen LogP contribution in [0.5, 0.6) is 5.75 Å². The van der Waals surface area contributed by atoms with Gasteiger partial charge in [0.1, 0.15) is 29.6 Å². The maximum absolute atomic E-state index is 14.2. The molecule has 39 heavy (non-hydrogen) atoms. The molecule has 1 atom stereocenters. The summed E-state index contributed by atoms with van der Waals surface area (Å²) in [4.78, 5) is 26.2. The van der Waals surface area contributed by atoms with Gasteiger partial charge >= 0.3 is 0 Å². The summed E-state index contributed by atoms with van der Waals surface area (Å²) in [5.41, 5.74) is 0.621. The summed E-state index contributed by atoms with van der Waals surface area (Å²) >= 11 is 5.97. The van der Waals surface area contributed by atoms with Crippen LogP contribution in [0.3, 0.4) is 0 Å². The number of hydrogen-bond donors (Lipinski definition) is 2. The second-order valence-corrected chi connectivity index (χ2v) is 11.3. The highest BCUT2D eigenvalue weighted by molar-refractivity contribution is 6.31. The highest BCUT2D eigenvalue weighted by Gasteiger charge is 2.29. The Balaban J connectivity index is 1.13. The van der Waals surface area contributed by atoms with Crippen molar-refractivity contribution in [2.45, 2.75) is 76.5 Å². The van der Waals surface area contributed by atoms with Crippen LogP contribution in [0, 0.1) is 24.5 Å². The number of amides is 1. The molecule has 1 aromatic heterocycles. The number of nitrogens with zero attached hydrogens (tertiary/aromatic N) is 1. The van der Waals surface area contributed by atoms with Gasteiger partial charge in [-0.25, -0.2) is 8.78 Å². The zero-order valence-corrected chi connectivity index (χ0v) is 22.6. The zero-order chi connectivity index (χ0) is 27.7. The van der Waals surface area contributed by atoms with Gasteiger partial charge in [0.05, 0.1) is 16.6 Å². The molecule has 1 heterocycles. The van der Waals surface area contributed by atoms with E-state index in [-0.39, 0.29) is 40.5 Å². The second kappa shape index (κ2) is 11.6. The molecule has 3 aromatic rings. The number of benzene rings is 2. The molecule has 0 unspecified atom stereocenters. The molecule has 0 radical (unpaired) electrons. The van der Waals surface area contributed by atoms with Crippen molar-refractivity contribution in [2.24, 2.45) is 5.92 Å². The molecule has 208 valence electrons. The lowest BCUT2D eigenvalue weighted by atomic mass is 9.83. The summed E-state index contributed by atoms with van der Waals surface area (Å²) in [5.74, 6) is -0.628. The molecule has 2 saturated carbocycles. The average molecular weight is 559 g/mol. The zero-order valence-electron chi connectivity index (χ0n) is 21.9. The third-order valence-electron chi connectivity index (χ3n) is 7.93. The first-order chi connectivity index (χ1) is 18.7. The number of aliphatic hydroxyl groups is 1. The minimum Gasteiger partial charge on any atom is -0.491 e. The van der Waals surface area contributed by atoms with Crippen LogP contribution >= 0.6 is 11.6 Å². The first kappa shape index (κ1) is 27.6. The van der Waals surface area contributed by atoms with Gasteiger partial charge in [-0.05, 0) is 88.0 Å². The van der Waals surface area contributed by atoms with Gasteiger partial charge in [-0.2, -0.15) is 0 Å². The number of rotatable bonds is 9. The second-order valence-electron chi connectivity index (χ2n) is 10.9. The normalized spacial score (nSPS) is 20.1. The van der Waals surface area contributed by atoms with E-state index in [9.17, 15) is 23.5 Å². The summed E-state index contributed by atoms with van der Waals surface area (Å²) in [6.07, 6.45) is 7.57. The van der Waals surface area contributed by atoms with Gasteiger partial charge in [0.15, 0.2) is 0 Å². The van der Waals surface area contributed by atoms with Crippen molar-refractivity contribution in [1.82, 2.24) is 9.88 Å². The molecule has 0 aliphatic heterocycles. The van der Waals surface area contributed by atoms with Gasteiger partial charge in [-0.3, -0.25) is 9.59 Å². The third kappa shape index (κ3) is 6.44. The van der Waals surface area contributed by atoms with Crippen LogP contribution < -0.4 is 15.5 Å². The van der Waals surface area contributed by atoms with E-state index in [2.05, 4.69) is 5.32 Å². The number of carbonyl (C=O) groups excluding carboxylic acids is 1.